The maximum absolute atomic E-state index is 5.91. The SMILES string of the molecule is CC(C)(C)CC(c1ccc(OCc2ccccc2)cc1)C(C)(C)C. The third-order valence-electron chi connectivity index (χ3n) is 4.39. The summed E-state index contributed by atoms with van der Waals surface area (Å²) in [4.78, 5) is 0. The van der Waals surface area contributed by atoms with Gasteiger partial charge in [0.1, 0.15) is 12.4 Å². The van der Waals surface area contributed by atoms with E-state index in [9.17, 15) is 0 Å². The van der Waals surface area contributed by atoms with Crippen molar-refractivity contribution in [1.29, 1.82) is 0 Å². The normalized spacial score (nSPS) is 13.6. The summed E-state index contributed by atoms with van der Waals surface area (Å²) in [7, 11) is 0. The van der Waals surface area contributed by atoms with Crippen LogP contribution in [0.3, 0.4) is 0 Å². The van der Waals surface area contributed by atoms with Crippen molar-refractivity contribution in [3.05, 3.63) is 65.7 Å². The van der Waals surface area contributed by atoms with E-state index in [1.165, 1.54) is 17.5 Å². The maximum Gasteiger partial charge on any atom is 0.119 e. The summed E-state index contributed by atoms with van der Waals surface area (Å²) in [5, 5.41) is 0. The fraction of sp³-hybridized carbons (Fsp3) is 0.478. The van der Waals surface area contributed by atoms with E-state index >= 15 is 0 Å². The number of rotatable bonds is 5. The van der Waals surface area contributed by atoms with Crippen molar-refractivity contribution in [1.82, 2.24) is 0 Å². The molecule has 0 aliphatic heterocycles. The Morgan fingerprint density at radius 1 is 0.792 bits per heavy atom. The zero-order valence-electron chi connectivity index (χ0n) is 16.1. The molecule has 0 saturated heterocycles. The lowest BCUT2D eigenvalue weighted by atomic mass is 9.69. The van der Waals surface area contributed by atoms with Gasteiger partial charge in [-0.1, -0.05) is 84.0 Å². The average molecular weight is 325 g/mol. The van der Waals surface area contributed by atoms with Gasteiger partial charge < -0.3 is 4.74 Å². The molecule has 130 valence electrons. The molecule has 0 aliphatic rings. The van der Waals surface area contributed by atoms with Crippen molar-refractivity contribution in [2.75, 3.05) is 0 Å². The minimum absolute atomic E-state index is 0.250. The lowest BCUT2D eigenvalue weighted by Crippen LogP contribution is -2.23. The first-order valence-electron chi connectivity index (χ1n) is 8.92. The number of hydrogen-bond acceptors (Lipinski definition) is 1. The summed E-state index contributed by atoms with van der Waals surface area (Å²) in [6, 6.07) is 19.0. The van der Waals surface area contributed by atoms with Crippen LogP contribution in [-0.2, 0) is 6.61 Å². The molecule has 0 aliphatic carbocycles. The Morgan fingerprint density at radius 2 is 1.38 bits per heavy atom. The Balaban J connectivity index is 2.08. The molecule has 0 radical (unpaired) electrons. The summed E-state index contributed by atoms with van der Waals surface area (Å²) in [6.07, 6.45) is 1.18. The van der Waals surface area contributed by atoms with E-state index in [4.69, 9.17) is 4.74 Å². The van der Waals surface area contributed by atoms with Gasteiger partial charge in [-0.15, -0.1) is 0 Å². The van der Waals surface area contributed by atoms with E-state index in [2.05, 4.69) is 77.9 Å². The summed E-state index contributed by atoms with van der Waals surface area (Å²) in [5.41, 5.74) is 3.17. The highest BCUT2D eigenvalue weighted by molar-refractivity contribution is 5.31. The van der Waals surface area contributed by atoms with Gasteiger partial charge >= 0.3 is 0 Å². The first-order chi connectivity index (χ1) is 11.1. The third kappa shape index (κ3) is 5.70. The lowest BCUT2D eigenvalue weighted by molar-refractivity contribution is 0.229. The van der Waals surface area contributed by atoms with Crippen LogP contribution in [0.25, 0.3) is 0 Å². The monoisotopic (exact) mass is 324 g/mol. The smallest absolute Gasteiger partial charge is 0.119 e. The summed E-state index contributed by atoms with van der Waals surface area (Å²) < 4.78 is 5.91. The van der Waals surface area contributed by atoms with E-state index < -0.39 is 0 Å². The van der Waals surface area contributed by atoms with Gasteiger partial charge in [0.25, 0.3) is 0 Å². The molecule has 1 atom stereocenters. The Hall–Kier alpha value is -1.76. The molecule has 2 rings (SSSR count). The number of benzene rings is 2. The van der Waals surface area contributed by atoms with Crippen molar-refractivity contribution >= 4 is 0 Å². The van der Waals surface area contributed by atoms with Crippen LogP contribution < -0.4 is 4.74 Å². The predicted octanol–water partition coefficient (Wildman–Crippen LogP) is 6.83. The molecule has 0 saturated carbocycles. The second-order valence-electron chi connectivity index (χ2n) is 9.03. The Bertz CT molecular complexity index is 612. The Labute approximate surface area is 148 Å². The van der Waals surface area contributed by atoms with E-state index in [1.54, 1.807) is 0 Å². The first kappa shape index (κ1) is 18.6. The fourth-order valence-electron chi connectivity index (χ4n) is 3.07. The Morgan fingerprint density at radius 3 is 1.88 bits per heavy atom. The Kier molecular flexibility index (Phi) is 5.74. The van der Waals surface area contributed by atoms with Crippen LogP contribution in [0.5, 0.6) is 5.75 Å². The minimum Gasteiger partial charge on any atom is -0.489 e. The molecule has 0 N–H and O–H groups in total. The standard InChI is InChI=1S/C23H32O/c1-22(2,3)16-21(23(4,5)6)19-12-14-20(15-13-19)24-17-18-10-8-7-9-11-18/h7-15,21H,16-17H2,1-6H3. The van der Waals surface area contributed by atoms with Gasteiger partial charge in [-0.3, -0.25) is 0 Å². The molecule has 1 nitrogen and oxygen atoms in total. The molecule has 0 bridgehead atoms. The third-order valence-corrected chi connectivity index (χ3v) is 4.39. The summed E-state index contributed by atoms with van der Waals surface area (Å²) in [6.45, 7) is 14.6. The van der Waals surface area contributed by atoms with Gasteiger partial charge in [0.05, 0.1) is 0 Å². The fourth-order valence-corrected chi connectivity index (χ4v) is 3.07. The maximum atomic E-state index is 5.91. The van der Waals surface area contributed by atoms with Crippen LogP contribution in [0.2, 0.25) is 0 Å². The molecule has 0 heterocycles. The molecular formula is C23H32O. The van der Waals surface area contributed by atoms with E-state index in [0.717, 1.165) is 5.75 Å². The zero-order valence-corrected chi connectivity index (χ0v) is 16.1. The highest BCUT2D eigenvalue weighted by Gasteiger charge is 2.30. The summed E-state index contributed by atoms with van der Waals surface area (Å²) in [5.74, 6) is 1.48. The predicted molar refractivity (Wildman–Crippen MR) is 103 cm³/mol. The molecule has 0 aromatic heterocycles. The molecule has 2 aromatic rings. The number of ether oxygens (including phenoxy) is 1. The zero-order chi connectivity index (χ0) is 17.8. The molecule has 2 aromatic carbocycles. The van der Waals surface area contributed by atoms with E-state index in [-0.39, 0.29) is 5.41 Å². The van der Waals surface area contributed by atoms with Crippen LogP contribution in [0.4, 0.5) is 0 Å². The molecular weight excluding hydrogens is 292 g/mol. The molecule has 24 heavy (non-hydrogen) atoms. The van der Waals surface area contributed by atoms with Crippen molar-refractivity contribution in [3.63, 3.8) is 0 Å². The quantitative estimate of drug-likeness (QED) is 0.585. The van der Waals surface area contributed by atoms with Gasteiger partial charge in [-0.2, -0.15) is 0 Å². The van der Waals surface area contributed by atoms with Crippen molar-refractivity contribution in [2.45, 2.75) is 60.5 Å². The lowest BCUT2D eigenvalue weighted by Gasteiger charge is -2.36. The van der Waals surface area contributed by atoms with Gasteiger partial charge in [-0.05, 0) is 46.4 Å². The second-order valence-corrected chi connectivity index (χ2v) is 9.03. The van der Waals surface area contributed by atoms with Gasteiger partial charge in [-0.25, -0.2) is 0 Å². The van der Waals surface area contributed by atoms with Crippen LogP contribution >= 0.6 is 0 Å². The van der Waals surface area contributed by atoms with Gasteiger partial charge in [0.15, 0.2) is 0 Å². The van der Waals surface area contributed by atoms with Crippen molar-refractivity contribution in [3.8, 4) is 5.75 Å². The number of hydrogen-bond donors (Lipinski definition) is 0. The highest BCUT2D eigenvalue weighted by atomic mass is 16.5. The van der Waals surface area contributed by atoms with Crippen LogP contribution in [0, 0.1) is 10.8 Å². The highest BCUT2D eigenvalue weighted by Crippen LogP contribution is 2.43. The topological polar surface area (TPSA) is 9.23 Å². The molecule has 0 amide bonds. The summed E-state index contributed by atoms with van der Waals surface area (Å²) >= 11 is 0. The molecule has 0 spiro atoms. The van der Waals surface area contributed by atoms with Gasteiger partial charge in [0.2, 0.25) is 0 Å². The second kappa shape index (κ2) is 7.42. The average Bonchev–Trinajstić information content (AvgIpc) is 2.50. The van der Waals surface area contributed by atoms with Crippen LogP contribution in [0.15, 0.2) is 54.6 Å². The van der Waals surface area contributed by atoms with Crippen LogP contribution in [0.1, 0.15) is 65.0 Å². The van der Waals surface area contributed by atoms with E-state index in [1.807, 2.05) is 18.2 Å². The largest absolute Gasteiger partial charge is 0.489 e. The van der Waals surface area contributed by atoms with E-state index in [0.29, 0.717) is 17.9 Å². The molecule has 1 unspecified atom stereocenters. The van der Waals surface area contributed by atoms with Crippen molar-refractivity contribution < 1.29 is 4.74 Å². The molecule has 0 fully saturated rings. The molecule has 1 heteroatoms. The minimum atomic E-state index is 0.250. The van der Waals surface area contributed by atoms with Crippen molar-refractivity contribution in [2.24, 2.45) is 10.8 Å². The van der Waals surface area contributed by atoms with Crippen LogP contribution in [-0.4, -0.2) is 0 Å². The van der Waals surface area contributed by atoms with Gasteiger partial charge in [0, 0.05) is 0 Å². The first-order valence-corrected chi connectivity index (χ1v) is 8.92.